The molecule has 2 rings (SSSR count). The molecular weight excluding hydrogens is 350 g/mol. The minimum absolute atomic E-state index is 0.238. The lowest BCUT2D eigenvalue weighted by atomic mass is 9.77. The molecule has 1 aromatic rings. The third-order valence-electron chi connectivity index (χ3n) is 5.04. The van der Waals surface area contributed by atoms with Crippen molar-refractivity contribution in [1.29, 1.82) is 0 Å². The molecule has 4 heteroatoms. The summed E-state index contributed by atoms with van der Waals surface area (Å²) in [6.07, 6.45) is 5.16. The highest BCUT2D eigenvalue weighted by Crippen LogP contribution is 2.42. The summed E-state index contributed by atoms with van der Waals surface area (Å²) >= 11 is 0. The smallest absolute Gasteiger partial charge is 0.339 e. The topological polar surface area (TPSA) is 58.9 Å². The number of nitrogens with zero attached hydrogens (tertiary/aromatic N) is 1. The summed E-state index contributed by atoms with van der Waals surface area (Å²) in [5, 5.41) is 11.0. The van der Waals surface area contributed by atoms with Gasteiger partial charge in [0.1, 0.15) is 5.75 Å². The largest absolute Gasteiger partial charge is 0.507 e. The molecule has 1 heterocycles. The van der Waals surface area contributed by atoms with E-state index in [0.29, 0.717) is 17.7 Å². The van der Waals surface area contributed by atoms with Crippen molar-refractivity contribution >= 4 is 17.8 Å². The van der Waals surface area contributed by atoms with Crippen LogP contribution in [0.15, 0.2) is 34.5 Å². The number of phenolic OH excluding ortho intramolecular Hbond substituents is 1. The van der Waals surface area contributed by atoms with Gasteiger partial charge in [-0.1, -0.05) is 47.6 Å². The van der Waals surface area contributed by atoms with Gasteiger partial charge >= 0.3 is 5.97 Å². The van der Waals surface area contributed by atoms with Gasteiger partial charge in [0, 0.05) is 23.0 Å². The van der Waals surface area contributed by atoms with Crippen LogP contribution in [-0.4, -0.2) is 24.4 Å². The first-order valence-corrected chi connectivity index (χ1v) is 9.77. The molecule has 0 amide bonds. The first-order chi connectivity index (χ1) is 12.9. The van der Waals surface area contributed by atoms with Crippen LogP contribution >= 0.6 is 0 Å². The number of methoxy groups -OCH3 is 1. The van der Waals surface area contributed by atoms with Crippen LogP contribution in [0.2, 0.25) is 0 Å². The first kappa shape index (κ1) is 21.9. The van der Waals surface area contributed by atoms with E-state index < -0.39 is 5.97 Å². The molecule has 0 aromatic heterocycles. The van der Waals surface area contributed by atoms with Gasteiger partial charge in [-0.3, -0.25) is 4.99 Å². The van der Waals surface area contributed by atoms with Crippen LogP contribution in [0.1, 0.15) is 78.0 Å². The number of benzene rings is 1. The fraction of sp³-hybridized carbons (Fsp3) is 0.500. The number of rotatable bonds is 2. The summed E-state index contributed by atoms with van der Waals surface area (Å²) < 4.78 is 5.03. The fourth-order valence-corrected chi connectivity index (χ4v) is 3.39. The Morgan fingerprint density at radius 1 is 1.07 bits per heavy atom. The van der Waals surface area contributed by atoms with Gasteiger partial charge in [0.05, 0.1) is 12.7 Å². The number of hydrogen-bond acceptors (Lipinski definition) is 4. The van der Waals surface area contributed by atoms with Crippen molar-refractivity contribution in [2.24, 2.45) is 4.99 Å². The SMILES string of the molecule is COC(=O)C1=C(c2cc(C(C)(C)C)c(O)c(C(C)(C)C)c2)CCC=C(C)N=C1. The van der Waals surface area contributed by atoms with E-state index in [0.717, 1.165) is 34.4 Å². The Morgan fingerprint density at radius 2 is 1.61 bits per heavy atom. The molecule has 28 heavy (non-hydrogen) atoms. The van der Waals surface area contributed by atoms with Crippen LogP contribution in [0, 0.1) is 0 Å². The van der Waals surface area contributed by atoms with E-state index in [1.807, 2.05) is 19.1 Å². The molecule has 0 bridgehead atoms. The first-order valence-electron chi connectivity index (χ1n) is 9.77. The minimum atomic E-state index is -0.392. The van der Waals surface area contributed by atoms with Crippen LogP contribution in [-0.2, 0) is 20.4 Å². The van der Waals surface area contributed by atoms with Gasteiger partial charge in [-0.15, -0.1) is 0 Å². The van der Waals surface area contributed by atoms with Crippen molar-refractivity contribution in [2.75, 3.05) is 7.11 Å². The van der Waals surface area contributed by atoms with Gasteiger partial charge in [-0.25, -0.2) is 4.79 Å². The monoisotopic (exact) mass is 383 g/mol. The molecule has 1 aliphatic heterocycles. The number of aliphatic imine (C=N–C) groups is 1. The molecule has 0 unspecified atom stereocenters. The standard InChI is InChI=1S/C24H33NO3/c1-15-10-9-11-17(18(14-25-15)22(27)28-8)16-12-19(23(2,3)4)21(26)20(13-16)24(5,6)7/h10,12-14,26H,9,11H2,1-8H3. The number of aromatic hydroxyl groups is 1. The average Bonchev–Trinajstić information content (AvgIpc) is 2.56. The van der Waals surface area contributed by atoms with Crippen molar-refractivity contribution in [3.05, 3.63) is 46.2 Å². The lowest BCUT2D eigenvalue weighted by molar-refractivity contribution is -0.135. The van der Waals surface area contributed by atoms with Crippen LogP contribution in [0.4, 0.5) is 0 Å². The Morgan fingerprint density at radius 3 is 2.07 bits per heavy atom. The average molecular weight is 384 g/mol. The van der Waals surface area contributed by atoms with Gasteiger partial charge in [-0.2, -0.15) is 0 Å². The Kier molecular flexibility index (Phi) is 6.22. The van der Waals surface area contributed by atoms with E-state index in [9.17, 15) is 9.90 Å². The van der Waals surface area contributed by atoms with Crippen LogP contribution in [0.25, 0.3) is 5.57 Å². The maximum atomic E-state index is 12.5. The fourth-order valence-electron chi connectivity index (χ4n) is 3.39. The summed E-state index contributed by atoms with van der Waals surface area (Å²) in [5.74, 6) is -0.0599. The number of ether oxygens (including phenoxy) is 1. The second kappa shape index (κ2) is 7.94. The minimum Gasteiger partial charge on any atom is -0.507 e. The molecule has 1 aromatic carbocycles. The van der Waals surface area contributed by atoms with E-state index in [1.54, 1.807) is 6.21 Å². The van der Waals surface area contributed by atoms with Gasteiger partial charge in [0.25, 0.3) is 0 Å². The zero-order valence-electron chi connectivity index (χ0n) is 18.4. The molecule has 1 N–H and O–H groups in total. The van der Waals surface area contributed by atoms with Gasteiger partial charge in [-0.05, 0) is 53.9 Å². The third kappa shape index (κ3) is 4.73. The summed E-state index contributed by atoms with van der Waals surface area (Å²) in [4.78, 5) is 16.9. The van der Waals surface area contributed by atoms with Crippen LogP contribution < -0.4 is 0 Å². The van der Waals surface area contributed by atoms with Crippen molar-refractivity contribution in [3.63, 3.8) is 0 Å². The predicted molar refractivity (Wildman–Crippen MR) is 116 cm³/mol. The molecule has 0 fully saturated rings. The lowest BCUT2D eigenvalue weighted by Crippen LogP contribution is -2.18. The number of carbonyl (C=O) groups is 1. The highest BCUT2D eigenvalue weighted by molar-refractivity contribution is 6.16. The summed E-state index contributed by atoms with van der Waals surface area (Å²) in [5.41, 5.74) is 4.46. The molecule has 0 radical (unpaired) electrons. The van der Waals surface area contributed by atoms with Gasteiger partial charge in [0.15, 0.2) is 0 Å². The summed E-state index contributed by atoms with van der Waals surface area (Å²) in [6, 6.07) is 4.02. The van der Waals surface area contributed by atoms with Crippen molar-refractivity contribution < 1.29 is 14.6 Å². The maximum Gasteiger partial charge on any atom is 0.339 e. The Labute approximate surface area is 169 Å². The molecule has 0 spiro atoms. The Hall–Kier alpha value is -2.36. The molecule has 4 nitrogen and oxygen atoms in total. The highest BCUT2D eigenvalue weighted by Gasteiger charge is 2.28. The molecule has 0 saturated carbocycles. The van der Waals surface area contributed by atoms with Crippen molar-refractivity contribution in [3.8, 4) is 5.75 Å². The third-order valence-corrected chi connectivity index (χ3v) is 5.04. The molecule has 0 atom stereocenters. The van der Waals surface area contributed by atoms with Crippen molar-refractivity contribution in [1.82, 2.24) is 0 Å². The Bertz CT molecular complexity index is 824. The molecular formula is C24H33NO3. The Balaban J connectivity index is 2.84. The number of hydrogen-bond donors (Lipinski definition) is 1. The van der Waals surface area contributed by atoms with E-state index in [2.05, 4.69) is 52.6 Å². The summed E-state index contributed by atoms with van der Waals surface area (Å²) in [7, 11) is 1.39. The van der Waals surface area contributed by atoms with Gasteiger partial charge in [0.2, 0.25) is 0 Å². The second-order valence-electron chi connectivity index (χ2n) is 9.45. The quantitative estimate of drug-likeness (QED) is 0.668. The van der Waals surface area contributed by atoms with Crippen LogP contribution in [0.3, 0.4) is 0 Å². The summed E-state index contributed by atoms with van der Waals surface area (Å²) in [6.45, 7) is 14.4. The number of carbonyl (C=O) groups excluding carboxylic acids is 1. The maximum absolute atomic E-state index is 12.5. The molecule has 1 aliphatic rings. The highest BCUT2D eigenvalue weighted by atomic mass is 16.5. The molecule has 0 aliphatic carbocycles. The van der Waals surface area contributed by atoms with Crippen molar-refractivity contribution in [2.45, 2.75) is 72.1 Å². The number of allylic oxidation sites excluding steroid dienone is 3. The van der Waals surface area contributed by atoms with Crippen LogP contribution in [0.5, 0.6) is 5.75 Å². The zero-order valence-corrected chi connectivity index (χ0v) is 18.4. The number of phenols is 1. The van der Waals surface area contributed by atoms with Gasteiger partial charge < -0.3 is 9.84 Å². The number of esters is 1. The second-order valence-corrected chi connectivity index (χ2v) is 9.45. The predicted octanol–water partition coefficient (Wildman–Crippen LogP) is 5.68. The lowest BCUT2D eigenvalue weighted by Gasteiger charge is -2.29. The normalized spacial score (nSPS) is 15.8. The van der Waals surface area contributed by atoms with E-state index >= 15 is 0 Å². The van der Waals surface area contributed by atoms with E-state index in [4.69, 9.17) is 4.74 Å². The molecule has 152 valence electrons. The van der Waals surface area contributed by atoms with E-state index in [-0.39, 0.29) is 10.8 Å². The zero-order chi connectivity index (χ0) is 21.3. The van der Waals surface area contributed by atoms with E-state index in [1.165, 1.54) is 7.11 Å². The molecule has 0 saturated heterocycles.